The van der Waals surface area contributed by atoms with E-state index < -0.39 is 5.97 Å². The number of rotatable bonds is 4. The molecule has 23 heavy (non-hydrogen) atoms. The van der Waals surface area contributed by atoms with E-state index in [4.69, 9.17) is 5.11 Å². The Kier molecular flexibility index (Phi) is 5.97. The van der Waals surface area contributed by atoms with Crippen LogP contribution in [0.5, 0.6) is 0 Å². The van der Waals surface area contributed by atoms with Gasteiger partial charge < -0.3 is 14.9 Å². The summed E-state index contributed by atoms with van der Waals surface area (Å²) in [5, 5.41) is 9.63. The molecule has 1 N–H and O–H groups in total. The minimum atomic E-state index is -0.995. The van der Waals surface area contributed by atoms with Crippen LogP contribution >= 0.6 is 0 Å². The molecule has 0 amide bonds. The van der Waals surface area contributed by atoms with Crippen molar-refractivity contribution in [3.8, 4) is 0 Å². The monoisotopic (exact) mass is 313 g/mol. The van der Waals surface area contributed by atoms with Gasteiger partial charge >= 0.3 is 5.97 Å². The first kappa shape index (κ1) is 16.8. The molecule has 0 fully saturated rings. The summed E-state index contributed by atoms with van der Waals surface area (Å²) in [6.45, 7) is 4.50. The molecule has 1 aliphatic rings. The number of benzene rings is 1. The summed E-state index contributed by atoms with van der Waals surface area (Å²) in [4.78, 5) is 19.1. The van der Waals surface area contributed by atoms with Crippen LogP contribution in [0.15, 0.2) is 48.8 Å². The van der Waals surface area contributed by atoms with Gasteiger partial charge in [0.05, 0.1) is 12.2 Å². The Balaban J connectivity index is 0.000000174. The van der Waals surface area contributed by atoms with Crippen molar-refractivity contribution < 1.29 is 9.90 Å². The summed E-state index contributed by atoms with van der Waals surface area (Å²) >= 11 is 0. The second kappa shape index (κ2) is 8.17. The molecule has 0 bridgehead atoms. The zero-order valence-corrected chi connectivity index (χ0v) is 13.6. The topological polar surface area (TPSA) is 56.7 Å². The van der Waals surface area contributed by atoms with Crippen LogP contribution in [0.1, 0.15) is 30.3 Å². The number of unbranched alkanes of at least 4 members (excludes halogenated alkanes) is 1. The first-order valence-electron chi connectivity index (χ1n) is 7.82. The van der Waals surface area contributed by atoms with E-state index in [2.05, 4.69) is 41.2 Å². The summed E-state index contributed by atoms with van der Waals surface area (Å²) in [5.41, 5.74) is 0.793. The van der Waals surface area contributed by atoms with Crippen molar-refractivity contribution in [3.63, 3.8) is 0 Å². The van der Waals surface area contributed by atoms with E-state index in [9.17, 15) is 4.79 Å². The maximum atomic E-state index is 10.6. The number of carbonyl (C=O) groups is 1. The van der Waals surface area contributed by atoms with E-state index in [1.54, 1.807) is 12.1 Å². The summed E-state index contributed by atoms with van der Waals surface area (Å²) < 4.78 is 0. The number of carboxylic acid groups (broad SMARTS) is 1. The van der Waals surface area contributed by atoms with Gasteiger partial charge in [-0.3, -0.25) is 0 Å². The van der Waals surface area contributed by atoms with Crippen LogP contribution in [0, 0.1) is 0 Å². The van der Waals surface area contributed by atoms with E-state index >= 15 is 0 Å². The molecule has 3 rings (SSSR count). The molecule has 0 radical (unpaired) electrons. The minimum absolute atomic E-state index is 0.0821. The van der Waals surface area contributed by atoms with E-state index in [0.29, 0.717) is 5.52 Å². The third-order valence-corrected chi connectivity index (χ3v) is 3.55. The molecule has 1 aromatic carbocycles. The average Bonchev–Trinajstić information content (AvgIpc) is 2.98. The minimum Gasteiger partial charge on any atom is -0.477 e. The molecule has 0 atom stereocenters. The second-order valence-electron chi connectivity index (χ2n) is 5.56. The number of hydrogen-bond acceptors (Lipinski definition) is 4. The fraction of sp³-hybridized carbons (Fsp3) is 0.333. The molecule has 2 heterocycles. The highest BCUT2D eigenvalue weighted by Crippen LogP contribution is 2.11. The summed E-state index contributed by atoms with van der Waals surface area (Å²) in [5.74, 6) is -0.995. The van der Waals surface area contributed by atoms with Gasteiger partial charge in [0, 0.05) is 31.4 Å². The number of nitrogens with zero attached hydrogens (tertiary/aromatic N) is 3. The Morgan fingerprint density at radius 3 is 2.65 bits per heavy atom. The number of para-hydroxylation sites is 1. The Bertz CT molecular complexity index is 685. The predicted molar refractivity (Wildman–Crippen MR) is 92.1 cm³/mol. The zero-order valence-electron chi connectivity index (χ0n) is 13.6. The van der Waals surface area contributed by atoms with Gasteiger partial charge in [0.2, 0.25) is 0 Å². The number of carboxylic acids is 1. The summed E-state index contributed by atoms with van der Waals surface area (Å²) in [6.07, 6.45) is 6.87. The van der Waals surface area contributed by atoms with Crippen molar-refractivity contribution in [2.24, 2.45) is 0 Å². The van der Waals surface area contributed by atoms with Gasteiger partial charge in [-0.25, -0.2) is 9.78 Å². The molecular weight excluding hydrogens is 290 g/mol. The summed E-state index contributed by atoms with van der Waals surface area (Å²) in [7, 11) is 2.10. The molecule has 0 saturated heterocycles. The lowest BCUT2D eigenvalue weighted by molar-refractivity contribution is 0.0691. The van der Waals surface area contributed by atoms with Crippen LogP contribution < -0.4 is 0 Å². The third-order valence-electron chi connectivity index (χ3n) is 3.55. The quantitative estimate of drug-likeness (QED) is 0.937. The van der Waals surface area contributed by atoms with Gasteiger partial charge in [0.25, 0.3) is 0 Å². The molecular formula is C18H23N3O2. The van der Waals surface area contributed by atoms with Gasteiger partial charge in [-0.1, -0.05) is 37.6 Å². The molecule has 0 spiro atoms. The van der Waals surface area contributed by atoms with Crippen molar-refractivity contribution >= 4 is 16.9 Å². The molecule has 5 nitrogen and oxygen atoms in total. The molecule has 5 heteroatoms. The van der Waals surface area contributed by atoms with Gasteiger partial charge in [0.15, 0.2) is 0 Å². The average molecular weight is 313 g/mol. The van der Waals surface area contributed by atoms with Crippen LogP contribution in [0.2, 0.25) is 0 Å². The first-order valence-corrected chi connectivity index (χ1v) is 7.82. The molecule has 0 aliphatic carbocycles. The third kappa shape index (κ3) is 4.98. The van der Waals surface area contributed by atoms with Gasteiger partial charge in [-0.2, -0.15) is 0 Å². The van der Waals surface area contributed by atoms with Crippen molar-refractivity contribution in [1.82, 2.24) is 14.8 Å². The highest BCUT2D eigenvalue weighted by Gasteiger charge is 2.06. The van der Waals surface area contributed by atoms with Gasteiger partial charge in [-0.15, -0.1) is 0 Å². The molecule has 122 valence electrons. The van der Waals surface area contributed by atoms with E-state index in [1.807, 2.05) is 18.2 Å². The molecule has 0 unspecified atom stereocenters. The van der Waals surface area contributed by atoms with Gasteiger partial charge in [0.1, 0.15) is 5.69 Å². The van der Waals surface area contributed by atoms with E-state index in [-0.39, 0.29) is 5.69 Å². The van der Waals surface area contributed by atoms with Crippen LogP contribution in [0.3, 0.4) is 0 Å². The highest BCUT2D eigenvalue weighted by atomic mass is 16.4. The Morgan fingerprint density at radius 2 is 2.00 bits per heavy atom. The molecule has 2 aromatic rings. The maximum Gasteiger partial charge on any atom is 0.354 e. The van der Waals surface area contributed by atoms with E-state index in [0.717, 1.165) is 12.1 Å². The number of hydrogen-bond donors (Lipinski definition) is 1. The smallest absolute Gasteiger partial charge is 0.354 e. The maximum absolute atomic E-state index is 10.6. The zero-order chi connectivity index (χ0) is 16.7. The van der Waals surface area contributed by atoms with Crippen molar-refractivity contribution in [3.05, 3.63) is 54.5 Å². The van der Waals surface area contributed by atoms with Gasteiger partial charge in [-0.05, 0) is 18.6 Å². The Hall–Kier alpha value is -2.56. The van der Waals surface area contributed by atoms with Crippen LogP contribution in [-0.2, 0) is 0 Å². The first-order chi connectivity index (χ1) is 11.1. The normalized spacial score (nSPS) is 13.1. The number of pyridine rings is 1. The number of aromatic carboxylic acids is 1. The molecule has 1 aliphatic heterocycles. The fourth-order valence-electron chi connectivity index (χ4n) is 2.28. The SMILES string of the molecule is CCCCN1C=CN(C)C1.O=C(O)c1ccc2ccccc2n1. The number of aromatic nitrogens is 1. The lowest BCUT2D eigenvalue weighted by Crippen LogP contribution is -2.23. The number of fused-ring (bicyclic) bond motifs is 1. The lowest BCUT2D eigenvalue weighted by Gasteiger charge is -2.17. The van der Waals surface area contributed by atoms with Crippen molar-refractivity contribution in [1.29, 1.82) is 0 Å². The Labute approximate surface area is 136 Å². The predicted octanol–water partition coefficient (Wildman–Crippen LogP) is 3.40. The standard InChI is InChI=1S/C10H7NO2.C8H16N2/c12-10(13)9-6-5-7-3-1-2-4-8(7)11-9;1-3-4-5-10-7-6-9(2)8-10/h1-6H,(H,12,13);6-7H,3-5,8H2,1-2H3. The molecule has 0 saturated carbocycles. The second-order valence-corrected chi connectivity index (χ2v) is 5.56. The summed E-state index contributed by atoms with van der Waals surface area (Å²) in [6, 6.07) is 10.7. The van der Waals surface area contributed by atoms with Crippen LogP contribution in [0.25, 0.3) is 10.9 Å². The van der Waals surface area contributed by atoms with Crippen LogP contribution in [-0.4, -0.2) is 46.1 Å². The largest absolute Gasteiger partial charge is 0.477 e. The molecule has 1 aromatic heterocycles. The van der Waals surface area contributed by atoms with Crippen LogP contribution in [0.4, 0.5) is 0 Å². The van der Waals surface area contributed by atoms with Crippen molar-refractivity contribution in [2.75, 3.05) is 20.3 Å². The Morgan fingerprint density at radius 1 is 1.22 bits per heavy atom. The highest BCUT2D eigenvalue weighted by molar-refractivity contribution is 5.89. The van der Waals surface area contributed by atoms with E-state index in [1.165, 1.54) is 25.5 Å². The van der Waals surface area contributed by atoms with Crippen molar-refractivity contribution in [2.45, 2.75) is 19.8 Å². The fourth-order valence-corrected chi connectivity index (χ4v) is 2.28. The lowest BCUT2D eigenvalue weighted by atomic mass is 10.2.